The van der Waals surface area contributed by atoms with Gasteiger partial charge in [0.05, 0.1) is 19.9 Å². The fraction of sp³-hybridized carbons (Fsp3) is 0.222. The molecule has 126 valence electrons. The van der Waals surface area contributed by atoms with Crippen LogP contribution in [0.4, 0.5) is 11.4 Å². The van der Waals surface area contributed by atoms with E-state index in [1.165, 1.54) is 7.11 Å². The fourth-order valence-electron chi connectivity index (χ4n) is 2.09. The van der Waals surface area contributed by atoms with E-state index in [0.29, 0.717) is 22.9 Å². The predicted molar refractivity (Wildman–Crippen MR) is 92.5 cm³/mol. The molecule has 0 radical (unpaired) electrons. The number of ether oxygens (including phenoxy) is 2. The first-order chi connectivity index (χ1) is 11.6. The van der Waals surface area contributed by atoms with Crippen LogP contribution in [-0.4, -0.2) is 26.0 Å². The molecule has 0 fully saturated rings. The molecule has 0 spiro atoms. The van der Waals surface area contributed by atoms with Crippen molar-refractivity contribution in [1.82, 2.24) is 0 Å². The molecular weight excluding hydrogens is 308 g/mol. The Morgan fingerprint density at radius 1 is 0.833 bits per heavy atom. The topological polar surface area (TPSA) is 76.7 Å². The number of nitrogens with one attached hydrogen (secondary N) is 2. The van der Waals surface area contributed by atoms with Crippen molar-refractivity contribution in [2.75, 3.05) is 24.9 Å². The van der Waals surface area contributed by atoms with Gasteiger partial charge >= 0.3 is 0 Å². The number of rotatable bonds is 7. The minimum atomic E-state index is -0.246. The van der Waals surface area contributed by atoms with E-state index in [-0.39, 0.29) is 24.7 Å². The van der Waals surface area contributed by atoms with Gasteiger partial charge in [-0.05, 0) is 36.4 Å². The van der Waals surface area contributed by atoms with Crippen LogP contribution in [-0.2, 0) is 9.59 Å². The van der Waals surface area contributed by atoms with Crippen LogP contribution in [0.1, 0.15) is 12.8 Å². The largest absolute Gasteiger partial charge is 0.497 e. The van der Waals surface area contributed by atoms with Crippen molar-refractivity contribution < 1.29 is 19.1 Å². The Labute approximate surface area is 140 Å². The lowest BCUT2D eigenvalue weighted by molar-refractivity contribution is -0.121. The first-order valence-electron chi connectivity index (χ1n) is 7.49. The Balaban J connectivity index is 1.81. The third-order valence-corrected chi connectivity index (χ3v) is 3.33. The van der Waals surface area contributed by atoms with Gasteiger partial charge in [0.15, 0.2) is 0 Å². The molecule has 24 heavy (non-hydrogen) atoms. The van der Waals surface area contributed by atoms with Gasteiger partial charge in [-0.1, -0.05) is 12.1 Å². The zero-order valence-corrected chi connectivity index (χ0v) is 13.7. The van der Waals surface area contributed by atoms with E-state index in [9.17, 15) is 9.59 Å². The molecule has 2 aromatic rings. The van der Waals surface area contributed by atoms with E-state index in [1.54, 1.807) is 49.6 Å². The van der Waals surface area contributed by atoms with Gasteiger partial charge in [-0.25, -0.2) is 0 Å². The maximum atomic E-state index is 12.0. The third kappa shape index (κ3) is 5.01. The van der Waals surface area contributed by atoms with Gasteiger partial charge in [0.1, 0.15) is 11.5 Å². The predicted octanol–water partition coefficient (Wildman–Crippen LogP) is 3.06. The molecule has 0 atom stereocenters. The van der Waals surface area contributed by atoms with E-state index in [2.05, 4.69) is 10.6 Å². The van der Waals surface area contributed by atoms with Crippen molar-refractivity contribution in [1.29, 1.82) is 0 Å². The van der Waals surface area contributed by atoms with Gasteiger partial charge in [-0.15, -0.1) is 0 Å². The molecule has 0 aliphatic carbocycles. The lowest BCUT2D eigenvalue weighted by Crippen LogP contribution is -2.17. The summed E-state index contributed by atoms with van der Waals surface area (Å²) in [7, 11) is 3.11. The maximum absolute atomic E-state index is 12.0. The minimum Gasteiger partial charge on any atom is -0.497 e. The highest BCUT2D eigenvalue weighted by Gasteiger charge is 2.10. The van der Waals surface area contributed by atoms with Crippen molar-refractivity contribution in [2.45, 2.75) is 12.8 Å². The number of methoxy groups -OCH3 is 2. The van der Waals surface area contributed by atoms with Crippen molar-refractivity contribution >= 4 is 23.2 Å². The standard InChI is InChI=1S/C18H20N2O4/c1-23-14-9-7-13(8-10-14)19-17(21)11-12-18(22)20-15-5-3-4-6-16(15)24-2/h3-10H,11-12H2,1-2H3,(H,19,21)(H,20,22). The Morgan fingerprint density at radius 3 is 2.08 bits per heavy atom. The Morgan fingerprint density at radius 2 is 1.46 bits per heavy atom. The van der Waals surface area contributed by atoms with Gasteiger partial charge in [-0.2, -0.15) is 0 Å². The average Bonchev–Trinajstić information content (AvgIpc) is 2.61. The molecule has 0 aromatic heterocycles. The van der Waals surface area contributed by atoms with Gasteiger partial charge in [0.25, 0.3) is 0 Å². The third-order valence-electron chi connectivity index (χ3n) is 3.33. The molecule has 0 saturated heterocycles. The van der Waals surface area contributed by atoms with E-state index < -0.39 is 0 Å². The molecule has 0 heterocycles. The van der Waals surface area contributed by atoms with E-state index in [4.69, 9.17) is 9.47 Å². The molecule has 6 heteroatoms. The first-order valence-corrected chi connectivity index (χ1v) is 7.49. The SMILES string of the molecule is COc1ccc(NC(=O)CCC(=O)Nc2ccccc2OC)cc1. The number of hydrogen-bond acceptors (Lipinski definition) is 4. The summed E-state index contributed by atoms with van der Waals surface area (Å²) < 4.78 is 10.2. The van der Waals surface area contributed by atoms with Crippen molar-refractivity contribution in [3.63, 3.8) is 0 Å². The number of anilines is 2. The summed E-state index contributed by atoms with van der Waals surface area (Å²) in [5.74, 6) is 0.817. The fourth-order valence-corrected chi connectivity index (χ4v) is 2.09. The molecule has 2 amide bonds. The lowest BCUT2D eigenvalue weighted by atomic mass is 10.2. The summed E-state index contributed by atoms with van der Waals surface area (Å²) in [6, 6.07) is 14.1. The van der Waals surface area contributed by atoms with E-state index in [1.807, 2.05) is 6.07 Å². The second kappa shape index (κ2) is 8.57. The van der Waals surface area contributed by atoms with E-state index in [0.717, 1.165) is 0 Å². The van der Waals surface area contributed by atoms with E-state index >= 15 is 0 Å². The van der Waals surface area contributed by atoms with Crippen LogP contribution >= 0.6 is 0 Å². The van der Waals surface area contributed by atoms with Crippen LogP contribution < -0.4 is 20.1 Å². The molecule has 2 aromatic carbocycles. The van der Waals surface area contributed by atoms with Gasteiger partial charge in [0.2, 0.25) is 11.8 Å². The molecule has 0 aliphatic rings. The van der Waals surface area contributed by atoms with Crippen LogP contribution in [0.2, 0.25) is 0 Å². The second-order valence-corrected chi connectivity index (χ2v) is 5.03. The van der Waals surface area contributed by atoms with Crippen LogP contribution in [0.3, 0.4) is 0 Å². The van der Waals surface area contributed by atoms with Crippen LogP contribution in [0.25, 0.3) is 0 Å². The number of hydrogen-bond donors (Lipinski definition) is 2. The summed E-state index contributed by atoms with van der Waals surface area (Å²) in [6.07, 6.45) is 0.174. The number of carbonyl (C=O) groups is 2. The highest BCUT2D eigenvalue weighted by Crippen LogP contribution is 2.23. The smallest absolute Gasteiger partial charge is 0.224 e. The summed E-state index contributed by atoms with van der Waals surface area (Å²) in [5, 5.41) is 5.47. The van der Waals surface area contributed by atoms with Crippen LogP contribution in [0.15, 0.2) is 48.5 Å². The quantitative estimate of drug-likeness (QED) is 0.819. The summed E-state index contributed by atoms with van der Waals surface area (Å²) >= 11 is 0. The Bertz CT molecular complexity index is 698. The van der Waals surface area contributed by atoms with Gasteiger partial charge < -0.3 is 20.1 Å². The molecule has 0 aliphatic heterocycles. The maximum Gasteiger partial charge on any atom is 0.224 e. The van der Waals surface area contributed by atoms with Crippen molar-refractivity contribution in [3.05, 3.63) is 48.5 Å². The zero-order valence-electron chi connectivity index (χ0n) is 13.7. The molecule has 2 rings (SSSR count). The van der Waals surface area contributed by atoms with Gasteiger partial charge in [0, 0.05) is 18.5 Å². The monoisotopic (exact) mass is 328 g/mol. The Hall–Kier alpha value is -3.02. The summed E-state index contributed by atoms with van der Waals surface area (Å²) in [5.41, 5.74) is 1.24. The summed E-state index contributed by atoms with van der Waals surface area (Å²) in [6.45, 7) is 0. The average molecular weight is 328 g/mol. The first kappa shape index (κ1) is 17.3. The van der Waals surface area contributed by atoms with Crippen LogP contribution in [0, 0.1) is 0 Å². The minimum absolute atomic E-state index is 0.0834. The highest BCUT2D eigenvalue weighted by atomic mass is 16.5. The molecular formula is C18H20N2O4. The van der Waals surface area contributed by atoms with Crippen LogP contribution in [0.5, 0.6) is 11.5 Å². The lowest BCUT2D eigenvalue weighted by Gasteiger charge is -2.10. The molecule has 2 N–H and O–H groups in total. The van der Waals surface area contributed by atoms with Crippen molar-refractivity contribution in [3.8, 4) is 11.5 Å². The zero-order chi connectivity index (χ0) is 17.4. The Kier molecular flexibility index (Phi) is 6.19. The second-order valence-electron chi connectivity index (χ2n) is 5.03. The molecule has 0 bridgehead atoms. The molecule has 6 nitrogen and oxygen atoms in total. The summed E-state index contributed by atoms with van der Waals surface area (Å²) in [4.78, 5) is 23.9. The molecule has 0 saturated carbocycles. The number of benzene rings is 2. The number of carbonyl (C=O) groups excluding carboxylic acids is 2. The van der Waals surface area contributed by atoms with Crippen molar-refractivity contribution in [2.24, 2.45) is 0 Å². The highest BCUT2D eigenvalue weighted by molar-refractivity contribution is 5.97. The van der Waals surface area contributed by atoms with Gasteiger partial charge in [-0.3, -0.25) is 9.59 Å². The number of para-hydroxylation sites is 2. The normalized spacial score (nSPS) is 9.92. The molecule has 0 unspecified atom stereocenters. The number of amides is 2.